The van der Waals surface area contributed by atoms with E-state index in [1.165, 1.54) is 19.1 Å². The quantitative estimate of drug-likeness (QED) is 0.891. The highest BCUT2D eigenvalue weighted by molar-refractivity contribution is 5.90. The summed E-state index contributed by atoms with van der Waals surface area (Å²) in [5.74, 6) is -0.316. The smallest absolute Gasteiger partial charge is 0.221 e. The zero-order chi connectivity index (χ0) is 15.4. The molecule has 0 saturated heterocycles. The highest BCUT2D eigenvalue weighted by Crippen LogP contribution is 2.21. The Morgan fingerprint density at radius 3 is 2.52 bits per heavy atom. The zero-order valence-electron chi connectivity index (χ0n) is 12.5. The summed E-state index contributed by atoms with van der Waals surface area (Å²) in [4.78, 5) is 11.2. The van der Waals surface area contributed by atoms with Crippen molar-refractivity contribution >= 4 is 17.3 Å². The van der Waals surface area contributed by atoms with Crippen molar-refractivity contribution in [3.63, 3.8) is 0 Å². The molecule has 0 spiro atoms. The van der Waals surface area contributed by atoms with Gasteiger partial charge in [-0.25, -0.2) is 4.39 Å². The molecule has 0 aliphatic heterocycles. The summed E-state index contributed by atoms with van der Waals surface area (Å²) < 4.78 is 13.1. The number of hydrogen-bond donors (Lipinski definition) is 2. The second kappa shape index (κ2) is 6.39. The highest BCUT2D eigenvalue weighted by Gasteiger charge is 2.04. The molecule has 0 aliphatic rings. The first-order valence-corrected chi connectivity index (χ1v) is 6.83. The molecule has 0 unspecified atom stereocenters. The van der Waals surface area contributed by atoms with E-state index in [9.17, 15) is 9.18 Å². The van der Waals surface area contributed by atoms with Gasteiger partial charge in [0, 0.05) is 24.8 Å². The zero-order valence-corrected chi connectivity index (χ0v) is 12.5. The molecule has 0 heterocycles. The molecule has 2 aromatic rings. The molecule has 0 fully saturated rings. The van der Waals surface area contributed by atoms with Gasteiger partial charge in [-0.1, -0.05) is 12.1 Å². The van der Waals surface area contributed by atoms with Gasteiger partial charge in [0.15, 0.2) is 0 Å². The van der Waals surface area contributed by atoms with Crippen molar-refractivity contribution in [2.75, 3.05) is 10.6 Å². The lowest BCUT2D eigenvalue weighted by molar-refractivity contribution is -0.114. The maximum atomic E-state index is 13.1. The van der Waals surface area contributed by atoms with Crippen molar-refractivity contribution in [2.24, 2.45) is 0 Å². The molecule has 3 nitrogen and oxygen atoms in total. The lowest BCUT2D eigenvalue weighted by Crippen LogP contribution is -2.08. The van der Waals surface area contributed by atoms with E-state index in [1.807, 2.05) is 32.0 Å². The number of nitrogens with one attached hydrogen (secondary N) is 2. The van der Waals surface area contributed by atoms with E-state index in [-0.39, 0.29) is 11.7 Å². The van der Waals surface area contributed by atoms with E-state index in [1.54, 1.807) is 6.07 Å². The van der Waals surface area contributed by atoms with Crippen molar-refractivity contribution in [3.05, 3.63) is 58.9 Å². The molecule has 0 aromatic heterocycles. The fourth-order valence-electron chi connectivity index (χ4n) is 2.11. The monoisotopic (exact) mass is 286 g/mol. The molecule has 2 N–H and O–H groups in total. The van der Waals surface area contributed by atoms with Crippen LogP contribution in [0.3, 0.4) is 0 Å². The third-order valence-corrected chi connectivity index (χ3v) is 3.34. The van der Waals surface area contributed by atoms with Crippen molar-refractivity contribution in [2.45, 2.75) is 27.3 Å². The van der Waals surface area contributed by atoms with Crippen LogP contribution in [0.5, 0.6) is 0 Å². The Balaban J connectivity index is 2.11. The van der Waals surface area contributed by atoms with Gasteiger partial charge < -0.3 is 10.6 Å². The number of carbonyl (C=O) groups is 1. The number of hydrogen-bond acceptors (Lipinski definition) is 2. The van der Waals surface area contributed by atoms with Gasteiger partial charge in [-0.2, -0.15) is 0 Å². The summed E-state index contributed by atoms with van der Waals surface area (Å²) in [5.41, 5.74) is 4.67. The Bertz CT molecular complexity index is 668. The first-order valence-electron chi connectivity index (χ1n) is 6.83. The number of carbonyl (C=O) groups excluding carboxylic acids is 1. The van der Waals surface area contributed by atoms with Gasteiger partial charge in [0.25, 0.3) is 0 Å². The minimum Gasteiger partial charge on any atom is -0.381 e. The lowest BCUT2D eigenvalue weighted by atomic mass is 10.1. The van der Waals surface area contributed by atoms with Crippen molar-refractivity contribution < 1.29 is 9.18 Å². The van der Waals surface area contributed by atoms with E-state index in [2.05, 4.69) is 10.6 Å². The van der Waals surface area contributed by atoms with Gasteiger partial charge in [-0.05, 0) is 54.8 Å². The highest BCUT2D eigenvalue weighted by atomic mass is 19.1. The van der Waals surface area contributed by atoms with Crippen LogP contribution < -0.4 is 10.6 Å². The maximum absolute atomic E-state index is 13.1. The van der Waals surface area contributed by atoms with Gasteiger partial charge in [-0.15, -0.1) is 0 Å². The Kier molecular flexibility index (Phi) is 4.58. The fourth-order valence-corrected chi connectivity index (χ4v) is 2.11. The molecule has 0 saturated carbocycles. The molecule has 0 atom stereocenters. The van der Waals surface area contributed by atoms with Crippen LogP contribution in [-0.2, 0) is 11.3 Å². The van der Waals surface area contributed by atoms with Crippen LogP contribution in [0, 0.1) is 19.7 Å². The maximum Gasteiger partial charge on any atom is 0.221 e. The van der Waals surface area contributed by atoms with Crippen LogP contribution in [0.25, 0.3) is 0 Å². The first-order chi connectivity index (χ1) is 9.95. The number of aryl methyl sites for hydroxylation is 2. The Morgan fingerprint density at radius 1 is 1.10 bits per heavy atom. The molecule has 2 rings (SSSR count). The molecule has 4 heteroatoms. The normalized spacial score (nSPS) is 10.3. The molecule has 0 aliphatic carbocycles. The molecular formula is C17H19FN2O. The van der Waals surface area contributed by atoms with Gasteiger partial charge >= 0.3 is 0 Å². The minimum atomic E-state index is -0.223. The molecular weight excluding hydrogens is 267 g/mol. The van der Waals surface area contributed by atoms with Gasteiger partial charge in [-0.3, -0.25) is 4.79 Å². The molecule has 21 heavy (non-hydrogen) atoms. The first kappa shape index (κ1) is 15.0. The molecule has 1 amide bonds. The van der Waals surface area contributed by atoms with Crippen molar-refractivity contribution in [3.8, 4) is 0 Å². The number of benzene rings is 2. The number of halogens is 1. The van der Waals surface area contributed by atoms with Crippen LogP contribution in [0.1, 0.15) is 23.6 Å². The van der Waals surface area contributed by atoms with Crippen LogP contribution in [0.4, 0.5) is 15.8 Å². The summed E-state index contributed by atoms with van der Waals surface area (Å²) in [7, 11) is 0. The van der Waals surface area contributed by atoms with Crippen LogP contribution in [0.2, 0.25) is 0 Å². The molecule has 2 aromatic carbocycles. The largest absolute Gasteiger partial charge is 0.381 e. The molecule has 110 valence electrons. The number of rotatable bonds is 4. The summed E-state index contributed by atoms with van der Waals surface area (Å²) in [6, 6.07) is 10.6. The lowest BCUT2D eigenvalue weighted by Gasteiger charge is -2.12. The predicted molar refractivity (Wildman–Crippen MR) is 83.9 cm³/mol. The van der Waals surface area contributed by atoms with Gasteiger partial charge in [0.1, 0.15) is 5.82 Å². The SMILES string of the molecule is CC(=O)Nc1cc(NCc2ccc(F)cc2C)ccc1C. The molecule has 0 radical (unpaired) electrons. The van der Waals surface area contributed by atoms with Gasteiger partial charge in [0.2, 0.25) is 5.91 Å². The van der Waals surface area contributed by atoms with E-state index in [4.69, 9.17) is 0 Å². The minimum absolute atomic E-state index is 0.0929. The summed E-state index contributed by atoms with van der Waals surface area (Å²) in [6.45, 7) is 5.92. The molecule has 0 bridgehead atoms. The van der Waals surface area contributed by atoms with E-state index >= 15 is 0 Å². The average Bonchev–Trinajstić information content (AvgIpc) is 2.40. The number of anilines is 2. The number of amides is 1. The van der Waals surface area contributed by atoms with Crippen LogP contribution >= 0.6 is 0 Å². The summed E-state index contributed by atoms with van der Waals surface area (Å²) in [6.07, 6.45) is 0. The Labute approximate surface area is 124 Å². The van der Waals surface area contributed by atoms with Crippen LogP contribution in [-0.4, -0.2) is 5.91 Å². The predicted octanol–water partition coefficient (Wildman–Crippen LogP) is 4.01. The summed E-state index contributed by atoms with van der Waals surface area (Å²) >= 11 is 0. The van der Waals surface area contributed by atoms with E-state index in [0.29, 0.717) is 6.54 Å². The van der Waals surface area contributed by atoms with E-state index in [0.717, 1.165) is 28.1 Å². The average molecular weight is 286 g/mol. The van der Waals surface area contributed by atoms with Crippen molar-refractivity contribution in [1.82, 2.24) is 0 Å². The van der Waals surface area contributed by atoms with Gasteiger partial charge in [0.05, 0.1) is 0 Å². The second-order valence-corrected chi connectivity index (χ2v) is 5.14. The fraction of sp³-hybridized carbons (Fsp3) is 0.235. The Hall–Kier alpha value is -2.36. The van der Waals surface area contributed by atoms with E-state index < -0.39 is 0 Å². The topological polar surface area (TPSA) is 41.1 Å². The standard InChI is InChI=1S/C17H19FN2O/c1-11-4-7-16(9-17(11)20-13(3)21)19-10-14-5-6-15(18)8-12(14)2/h4-9,19H,10H2,1-3H3,(H,20,21). The Morgan fingerprint density at radius 2 is 1.86 bits per heavy atom. The second-order valence-electron chi connectivity index (χ2n) is 5.14. The third kappa shape index (κ3) is 4.05. The summed E-state index contributed by atoms with van der Waals surface area (Å²) in [5, 5.41) is 6.09. The third-order valence-electron chi connectivity index (χ3n) is 3.34. The van der Waals surface area contributed by atoms with Crippen molar-refractivity contribution in [1.29, 1.82) is 0 Å². The van der Waals surface area contributed by atoms with Crippen LogP contribution in [0.15, 0.2) is 36.4 Å².